The minimum atomic E-state index is -0.516. The van der Waals surface area contributed by atoms with Crippen LogP contribution in [0.25, 0.3) is 0 Å². The first-order valence-corrected chi connectivity index (χ1v) is 13.9. The molecule has 0 unspecified atom stereocenters. The van der Waals surface area contributed by atoms with Crippen LogP contribution in [0.3, 0.4) is 0 Å². The first-order chi connectivity index (χ1) is 14.6. The van der Waals surface area contributed by atoms with E-state index >= 15 is 0 Å². The molecule has 0 radical (unpaired) electrons. The van der Waals surface area contributed by atoms with Crippen LogP contribution in [0, 0.1) is 56.7 Å². The predicted octanol–water partition coefficient (Wildman–Crippen LogP) is 7.43. The Morgan fingerprint density at radius 1 is 0.750 bits per heavy atom. The molecular formula is C30H50O2. The molecule has 2 heteroatoms. The molecule has 0 aromatic heterocycles. The number of rotatable bonds is 0. The molecule has 5 saturated carbocycles. The van der Waals surface area contributed by atoms with Crippen molar-refractivity contribution < 1.29 is 9.90 Å². The summed E-state index contributed by atoms with van der Waals surface area (Å²) < 4.78 is 0. The van der Waals surface area contributed by atoms with Crippen LogP contribution in [-0.2, 0) is 4.79 Å². The van der Waals surface area contributed by atoms with Crippen molar-refractivity contribution >= 4 is 5.78 Å². The molecule has 0 amide bonds. The molecule has 2 nitrogen and oxygen atoms in total. The third-order valence-corrected chi connectivity index (χ3v) is 13.9. The number of carbonyl (C=O) groups excluding carboxylic acids is 1. The van der Waals surface area contributed by atoms with E-state index in [-0.39, 0.29) is 5.41 Å². The highest BCUT2D eigenvalue weighted by molar-refractivity contribution is 5.85. The summed E-state index contributed by atoms with van der Waals surface area (Å²) in [7, 11) is 0. The average Bonchev–Trinajstić information content (AvgIpc) is 2.70. The van der Waals surface area contributed by atoms with Crippen LogP contribution in [0.15, 0.2) is 0 Å². The van der Waals surface area contributed by atoms with E-state index in [9.17, 15) is 9.90 Å². The van der Waals surface area contributed by atoms with Crippen molar-refractivity contribution in [1.82, 2.24) is 0 Å². The first-order valence-electron chi connectivity index (χ1n) is 13.9. The van der Waals surface area contributed by atoms with E-state index < -0.39 is 5.60 Å². The van der Waals surface area contributed by atoms with Gasteiger partial charge in [-0.2, -0.15) is 0 Å². The van der Waals surface area contributed by atoms with E-state index in [1.165, 1.54) is 44.9 Å². The largest absolute Gasteiger partial charge is 0.390 e. The number of hydrogen-bond acceptors (Lipinski definition) is 2. The fourth-order valence-electron chi connectivity index (χ4n) is 11.4. The van der Waals surface area contributed by atoms with Crippen LogP contribution in [-0.4, -0.2) is 16.5 Å². The van der Waals surface area contributed by atoms with Crippen molar-refractivity contribution in [1.29, 1.82) is 0 Å². The van der Waals surface area contributed by atoms with Gasteiger partial charge in [-0.25, -0.2) is 0 Å². The molecule has 0 spiro atoms. The molecule has 5 fully saturated rings. The van der Waals surface area contributed by atoms with Gasteiger partial charge >= 0.3 is 0 Å². The van der Waals surface area contributed by atoms with Crippen molar-refractivity contribution in [2.75, 3.05) is 0 Å². The summed E-state index contributed by atoms with van der Waals surface area (Å²) >= 11 is 0. The van der Waals surface area contributed by atoms with E-state index in [2.05, 4.69) is 55.4 Å². The Balaban J connectivity index is 1.55. The molecule has 0 aliphatic heterocycles. The van der Waals surface area contributed by atoms with Crippen molar-refractivity contribution in [3.05, 3.63) is 0 Å². The van der Waals surface area contributed by atoms with Crippen molar-refractivity contribution in [2.45, 2.75) is 125 Å². The number of Topliss-reactive ketones (excluding diaryl/α,β-unsaturated/α-hetero) is 1. The summed E-state index contributed by atoms with van der Waals surface area (Å²) in [6, 6.07) is 0. The zero-order valence-electron chi connectivity index (χ0n) is 22.3. The summed E-state index contributed by atoms with van der Waals surface area (Å²) in [6.07, 6.45) is 11.9. The zero-order chi connectivity index (χ0) is 23.5. The standard InChI is InChI=1S/C30H50O2/c1-19-24-20-9-10-22-27(5)13-12-23(31)25(2,3)21(27)11-14-29(22,7)28(20,6)17-15-26(24,4)16-18-30(19,8)32/h19-22,24,32H,9-18H2,1-8H3/t19-,20+,21-,22+,24+,26-,27-,28+,29+,30-/m0/s1. The average molecular weight is 443 g/mol. The van der Waals surface area contributed by atoms with Gasteiger partial charge in [-0.3, -0.25) is 4.79 Å². The normalized spacial score (nSPS) is 59.4. The van der Waals surface area contributed by atoms with Gasteiger partial charge in [-0.05, 0) is 116 Å². The maximum absolute atomic E-state index is 12.9. The lowest BCUT2D eigenvalue weighted by molar-refractivity contribution is -0.254. The van der Waals surface area contributed by atoms with Crippen molar-refractivity contribution in [2.24, 2.45) is 56.7 Å². The molecule has 32 heavy (non-hydrogen) atoms. The minimum Gasteiger partial charge on any atom is -0.390 e. The van der Waals surface area contributed by atoms with Crippen LogP contribution in [0.4, 0.5) is 0 Å². The van der Waals surface area contributed by atoms with Crippen LogP contribution in [0.5, 0.6) is 0 Å². The summed E-state index contributed by atoms with van der Waals surface area (Å²) in [6.45, 7) is 19.5. The predicted molar refractivity (Wildman–Crippen MR) is 131 cm³/mol. The second-order valence-corrected chi connectivity index (χ2v) is 15.1. The fourth-order valence-corrected chi connectivity index (χ4v) is 11.4. The Morgan fingerprint density at radius 2 is 1.41 bits per heavy atom. The smallest absolute Gasteiger partial charge is 0.138 e. The van der Waals surface area contributed by atoms with E-state index in [1.54, 1.807) is 0 Å². The molecule has 10 atom stereocenters. The van der Waals surface area contributed by atoms with E-state index in [4.69, 9.17) is 0 Å². The number of carbonyl (C=O) groups is 1. The van der Waals surface area contributed by atoms with Gasteiger partial charge in [0.2, 0.25) is 0 Å². The van der Waals surface area contributed by atoms with Crippen LogP contribution < -0.4 is 0 Å². The highest BCUT2D eigenvalue weighted by atomic mass is 16.3. The Hall–Kier alpha value is -0.370. The fraction of sp³-hybridized carbons (Fsp3) is 0.967. The highest BCUT2D eigenvalue weighted by Gasteiger charge is 2.70. The zero-order valence-corrected chi connectivity index (χ0v) is 22.3. The number of aliphatic hydroxyl groups is 1. The van der Waals surface area contributed by atoms with E-state index in [0.717, 1.165) is 31.1 Å². The molecule has 0 bridgehead atoms. The van der Waals surface area contributed by atoms with Gasteiger partial charge in [0.25, 0.3) is 0 Å². The third kappa shape index (κ3) is 2.66. The summed E-state index contributed by atoms with van der Waals surface area (Å²) in [4.78, 5) is 12.9. The van der Waals surface area contributed by atoms with Crippen molar-refractivity contribution in [3.63, 3.8) is 0 Å². The Bertz CT molecular complexity index is 812. The number of ketones is 1. The molecule has 0 aromatic rings. The third-order valence-electron chi connectivity index (χ3n) is 13.9. The molecule has 5 aliphatic carbocycles. The Labute approximate surface area is 197 Å². The SMILES string of the molecule is C[C@H]1[C@@H]2[C@H]3CC[C@@H]4[C@@]5(C)CCC(=O)C(C)(C)[C@@H]5CC[C@@]4(C)[C@]3(C)CC[C@@]2(C)CC[C@]1(C)O. The second kappa shape index (κ2) is 6.64. The minimum absolute atomic E-state index is 0.159. The van der Waals surface area contributed by atoms with Crippen LogP contribution >= 0.6 is 0 Å². The lowest BCUT2D eigenvalue weighted by Crippen LogP contribution is -2.68. The first kappa shape index (κ1) is 23.4. The van der Waals surface area contributed by atoms with Gasteiger partial charge in [0.15, 0.2) is 0 Å². The molecule has 0 aromatic carbocycles. The van der Waals surface area contributed by atoms with Crippen LogP contribution in [0.1, 0.15) is 120 Å². The van der Waals surface area contributed by atoms with Gasteiger partial charge < -0.3 is 5.11 Å². The number of fused-ring (bicyclic) bond motifs is 7. The van der Waals surface area contributed by atoms with Gasteiger partial charge in [-0.15, -0.1) is 0 Å². The molecular weight excluding hydrogens is 392 g/mol. The highest BCUT2D eigenvalue weighted by Crippen LogP contribution is 2.76. The van der Waals surface area contributed by atoms with E-state index in [0.29, 0.717) is 45.2 Å². The Kier molecular flexibility index (Phi) is 4.85. The lowest BCUT2D eigenvalue weighted by atomic mass is 9.31. The van der Waals surface area contributed by atoms with Gasteiger partial charge in [0, 0.05) is 11.8 Å². The van der Waals surface area contributed by atoms with Gasteiger partial charge in [-0.1, -0.05) is 48.5 Å². The summed E-state index contributed by atoms with van der Waals surface area (Å²) in [5.41, 5.74) is 0.715. The molecule has 1 N–H and O–H groups in total. The maximum atomic E-state index is 12.9. The molecule has 5 aliphatic rings. The molecule has 182 valence electrons. The topological polar surface area (TPSA) is 37.3 Å². The van der Waals surface area contributed by atoms with E-state index in [1.807, 2.05) is 0 Å². The number of hydrogen-bond donors (Lipinski definition) is 1. The second-order valence-electron chi connectivity index (χ2n) is 15.1. The van der Waals surface area contributed by atoms with Gasteiger partial charge in [0.1, 0.15) is 5.78 Å². The quantitative estimate of drug-likeness (QED) is 0.423. The Morgan fingerprint density at radius 3 is 2.09 bits per heavy atom. The van der Waals surface area contributed by atoms with Crippen LogP contribution in [0.2, 0.25) is 0 Å². The molecule has 0 heterocycles. The van der Waals surface area contributed by atoms with Crippen molar-refractivity contribution in [3.8, 4) is 0 Å². The molecule has 0 saturated heterocycles. The van der Waals surface area contributed by atoms with Gasteiger partial charge in [0.05, 0.1) is 5.60 Å². The lowest BCUT2D eigenvalue weighted by Gasteiger charge is -2.73. The molecule has 5 rings (SSSR count). The summed E-state index contributed by atoms with van der Waals surface area (Å²) in [5, 5.41) is 11.3. The summed E-state index contributed by atoms with van der Waals surface area (Å²) in [5.74, 6) is 3.52. The maximum Gasteiger partial charge on any atom is 0.138 e. The monoisotopic (exact) mass is 442 g/mol.